The predicted molar refractivity (Wildman–Crippen MR) is 164 cm³/mol. The van der Waals surface area contributed by atoms with Crippen molar-refractivity contribution in [1.29, 1.82) is 0 Å². The number of thioether (sulfide) groups is 1. The summed E-state index contributed by atoms with van der Waals surface area (Å²) >= 11 is 1.19. The van der Waals surface area contributed by atoms with Gasteiger partial charge in [-0.1, -0.05) is 60.3 Å². The number of likely N-dealkylation sites (tertiary alicyclic amines) is 1. The molecule has 13 heteroatoms. The number of esters is 1. The predicted octanol–water partition coefficient (Wildman–Crippen LogP) is 2.15. The number of carbonyl (C=O) groups excluding carboxylic acids is 6. The summed E-state index contributed by atoms with van der Waals surface area (Å²) in [7, 11) is 0. The van der Waals surface area contributed by atoms with Gasteiger partial charge < -0.3 is 30.9 Å². The number of rotatable bonds is 15. The zero-order valence-electron chi connectivity index (χ0n) is 26.0. The van der Waals surface area contributed by atoms with E-state index >= 15 is 0 Å². The molecule has 4 N–H and O–H groups in total. The Labute approximate surface area is 254 Å². The van der Waals surface area contributed by atoms with Gasteiger partial charge in [0.15, 0.2) is 0 Å². The standard InChI is InChI=1S/C20H35N3O4.C9H14N2O3S/c1-8-12-27-18(25)15(13(2)3)21-19(26)22-16(20(5,6)7)17(24)23-11-9-10-14(23)4;1-3-5-10-8(14)7(13)9(11-6-12)15-4-2/h8,13-16H,1,9-12H2,2-7H3,(H2,21,22,26);3,6,9H,1,4-5H2,2H3,(H,10,14)(H,11,12)/t14-,15?,16?;/m1./s1. The van der Waals surface area contributed by atoms with Gasteiger partial charge in [-0.3, -0.25) is 19.2 Å². The van der Waals surface area contributed by atoms with Gasteiger partial charge in [0, 0.05) is 19.1 Å². The third kappa shape index (κ3) is 13.5. The molecule has 1 aliphatic heterocycles. The van der Waals surface area contributed by atoms with E-state index in [1.165, 1.54) is 23.9 Å². The van der Waals surface area contributed by atoms with Gasteiger partial charge in [0.2, 0.25) is 12.3 Å². The van der Waals surface area contributed by atoms with Crippen LogP contribution in [0.2, 0.25) is 0 Å². The summed E-state index contributed by atoms with van der Waals surface area (Å²) in [6, 6.07) is -1.87. The summed E-state index contributed by atoms with van der Waals surface area (Å²) in [5, 5.41) is 9.27. The molecule has 0 aromatic carbocycles. The van der Waals surface area contributed by atoms with E-state index in [1.807, 2.05) is 53.4 Å². The van der Waals surface area contributed by atoms with Crippen LogP contribution in [0, 0.1) is 11.3 Å². The number of urea groups is 1. The first kappa shape index (κ1) is 38.6. The highest BCUT2D eigenvalue weighted by molar-refractivity contribution is 8.00. The minimum Gasteiger partial charge on any atom is -0.460 e. The van der Waals surface area contributed by atoms with Crippen LogP contribution in [0.15, 0.2) is 25.3 Å². The summed E-state index contributed by atoms with van der Waals surface area (Å²) in [5.74, 6) is -1.50. The third-order valence-corrected chi connectivity index (χ3v) is 7.21. The van der Waals surface area contributed by atoms with E-state index in [1.54, 1.807) is 0 Å². The maximum Gasteiger partial charge on any atom is 0.329 e. The Bertz CT molecular complexity index is 951. The molecule has 0 aliphatic carbocycles. The molecule has 1 fully saturated rings. The quantitative estimate of drug-likeness (QED) is 0.0720. The fourth-order valence-electron chi connectivity index (χ4n) is 3.92. The summed E-state index contributed by atoms with van der Waals surface area (Å²) in [5.41, 5.74) is -0.465. The van der Waals surface area contributed by atoms with Gasteiger partial charge in [0.25, 0.3) is 11.7 Å². The molecular weight excluding hydrogens is 562 g/mol. The first-order chi connectivity index (χ1) is 19.7. The molecule has 0 aromatic heterocycles. The van der Waals surface area contributed by atoms with Crippen molar-refractivity contribution < 1.29 is 33.5 Å². The number of nitrogens with zero attached hydrogens (tertiary/aromatic N) is 1. The summed E-state index contributed by atoms with van der Waals surface area (Å²) in [6.45, 7) is 21.2. The largest absolute Gasteiger partial charge is 0.460 e. The van der Waals surface area contributed by atoms with Crippen LogP contribution >= 0.6 is 11.8 Å². The number of Topliss-reactive ketones (excluding diaryl/α,β-unsaturated/α-hetero) is 1. The van der Waals surface area contributed by atoms with Crippen molar-refractivity contribution in [3.63, 3.8) is 0 Å². The molecule has 1 saturated heterocycles. The van der Waals surface area contributed by atoms with Crippen LogP contribution in [0.4, 0.5) is 4.79 Å². The van der Waals surface area contributed by atoms with Gasteiger partial charge in [-0.05, 0) is 36.9 Å². The number of nitrogens with one attached hydrogen (secondary N) is 4. The highest BCUT2D eigenvalue weighted by Crippen LogP contribution is 2.25. The van der Waals surface area contributed by atoms with Gasteiger partial charge in [-0.15, -0.1) is 18.3 Å². The van der Waals surface area contributed by atoms with Crippen molar-refractivity contribution in [1.82, 2.24) is 26.2 Å². The Morgan fingerprint density at radius 3 is 2.19 bits per heavy atom. The van der Waals surface area contributed by atoms with E-state index in [0.29, 0.717) is 18.7 Å². The highest BCUT2D eigenvalue weighted by atomic mass is 32.2. The van der Waals surface area contributed by atoms with Crippen LogP contribution in [-0.2, 0) is 28.7 Å². The highest BCUT2D eigenvalue weighted by Gasteiger charge is 2.39. The van der Waals surface area contributed by atoms with Crippen LogP contribution < -0.4 is 21.3 Å². The maximum atomic E-state index is 13.0. The Hall–Kier alpha value is -3.35. The van der Waals surface area contributed by atoms with Gasteiger partial charge >= 0.3 is 12.0 Å². The average Bonchev–Trinajstić information content (AvgIpc) is 3.36. The van der Waals surface area contributed by atoms with Gasteiger partial charge in [0.1, 0.15) is 24.1 Å². The zero-order chi connectivity index (χ0) is 32.5. The van der Waals surface area contributed by atoms with Crippen molar-refractivity contribution >= 4 is 47.8 Å². The molecule has 0 spiro atoms. The van der Waals surface area contributed by atoms with Crippen molar-refractivity contribution in [3.8, 4) is 0 Å². The van der Waals surface area contributed by atoms with E-state index in [9.17, 15) is 28.8 Å². The molecule has 5 amide bonds. The van der Waals surface area contributed by atoms with E-state index in [2.05, 4.69) is 34.4 Å². The lowest BCUT2D eigenvalue weighted by Crippen LogP contribution is -2.59. The minimum atomic E-state index is -0.808. The molecule has 0 saturated carbocycles. The molecule has 4 atom stereocenters. The number of ether oxygens (including phenoxy) is 1. The molecular formula is C29H49N5O7S. The van der Waals surface area contributed by atoms with E-state index < -0.39 is 46.6 Å². The number of carbonyl (C=O) groups is 6. The maximum absolute atomic E-state index is 13.0. The van der Waals surface area contributed by atoms with E-state index in [4.69, 9.17) is 4.74 Å². The summed E-state index contributed by atoms with van der Waals surface area (Å²) in [4.78, 5) is 72.4. The minimum absolute atomic E-state index is 0.0846. The molecule has 0 radical (unpaired) electrons. The lowest BCUT2D eigenvalue weighted by Gasteiger charge is -2.35. The number of amides is 5. The third-order valence-electron chi connectivity index (χ3n) is 6.20. The Kier molecular flexibility index (Phi) is 18.1. The normalized spacial score (nSPS) is 16.5. The molecule has 3 unspecified atom stereocenters. The number of hydrogen-bond acceptors (Lipinski definition) is 8. The van der Waals surface area contributed by atoms with Gasteiger partial charge in [-0.25, -0.2) is 9.59 Å². The van der Waals surface area contributed by atoms with Crippen LogP contribution in [-0.4, -0.2) is 89.9 Å². The SMILES string of the molecule is C=CCNC(=O)C(=O)C(NC=O)SCC.C=CCOC(=O)C(NC(=O)NC(C(=O)N1CCC[C@H]1C)C(C)(C)C)C(C)C. The van der Waals surface area contributed by atoms with Crippen molar-refractivity contribution in [2.75, 3.05) is 25.4 Å². The molecule has 238 valence electrons. The second-order valence-corrected chi connectivity index (χ2v) is 12.4. The fourth-order valence-corrected chi connectivity index (χ4v) is 4.66. The smallest absolute Gasteiger partial charge is 0.329 e. The average molecular weight is 612 g/mol. The zero-order valence-corrected chi connectivity index (χ0v) is 26.8. The first-order valence-electron chi connectivity index (χ1n) is 14.0. The van der Waals surface area contributed by atoms with Crippen LogP contribution in [0.1, 0.15) is 61.3 Å². The summed E-state index contributed by atoms with van der Waals surface area (Å²) < 4.78 is 5.06. The lowest BCUT2D eigenvalue weighted by atomic mass is 9.85. The first-order valence-corrected chi connectivity index (χ1v) is 15.1. The molecule has 0 bridgehead atoms. The summed E-state index contributed by atoms with van der Waals surface area (Å²) in [6.07, 6.45) is 5.30. The van der Waals surface area contributed by atoms with E-state index in [-0.39, 0.29) is 31.0 Å². The molecule has 12 nitrogen and oxygen atoms in total. The Morgan fingerprint density at radius 2 is 1.74 bits per heavy atom. The molecule has 1 rings (SSSR count). The molecule has 0 aromatic rings. The number of ketones is 1. The Morgan fingerprint density at radius 1 is 1.10 bits per heavy atom. The van der Waals surface area contributed by atoms with Gasteiger partial charge in [0.05, 0.1) is 0 Å². The van der Waals surface area contributed by atoms with Crippen molar-refractivity contribution in [2.45, 2.75) is 84.8 Å². The fraction of sp³-hybridized carbons (Fsp3) is 0.655. The van der Waals surface area contributed by atoms with E-state index in [0.717, 1.165) is 12.8 Å². The number of hydrogen-bond donors (Lipinski definition) is 4. The van der Waals surface area contributed by atoms with Crippen LogP contribution in [0.5, 0.6) is 0 Å². The van der Waals surface area contributed by atoms with Crippen molar-refractivity contribution in [2.24, 2.45) is 11.3 Å². The van der Waals surface area contributed by atoms with Crippen LogP contribution in [0.3, 0.4) is 0 Å². The molecule has 1 heterocycles. The van der Waals surface area contributed by atoms with Crippen LogP contribution in [0.25, 0.3) is 0 Å². The lowest BCUT2D eigenvalue weighted by molar-refractivity contribution is -0.145. The van der Waals surface area contributed by atoms with Gasteiger partial charge in [-0.2, -0.15) is 0 Å². The second-order valence-electron chi connectivity index (χ2n) is 11.1. The molecule has 1 aliphatic rings. The second kappa shape index (κ2) is 19.7. The Balaban J connectivity index is 0.000000951. The monoisotopic (exact) mass is 611 g/mol. The topological polar surface area (TPSA) is 163 Å². The molecule has 42 heavy (non-hydrogen) atoms. The van der Waals surface area contributed by atoms with Crippen molar-refractivity contribution in [3.05, 3.63) is 25.3 Å².